The van der Waals surface area contributed by atoms with Crippen LogP contribution >= 0.6 is 0 Å². The molecule has 0 fully saturated rings. The van der Waals surface area contributed by atoms with E-state index in [1.165, 1.54) is 5.69 Å². The molecule has 82 valence electrons. The van der Waals surface area contributed by atoms with E-state index >= 15 is 0 Å². The average Bonchev–Trinajstić information content (AvgIpc) is 2.21. The lowest BCUT2D eigenvalue weighted by atomic mass is 10.2. The van der Waals surface area contributed by atoms with E-state index in [0.717, 1.165) is 18.8 Å². The van der Waals surface area contributed by atoms with E-state index in [1.807, 2.05) is 12.1 Å². The number of hydrogen-bond donors (Lipinski definition) is 1. The van der Waals surface area contributed by atoms with Crippen molar-refractivity contribution in [2.45, 2.75) is 20.8 Å². The summed E-state index contributed by atoms with van der Waals surface area (Å²) in [5, 5.41) is 0. The van der Waals surface area contributed by atoms with Crippen molar-refractivity contribution in [1.29, 1.82) is 0 Å². The van der Waals surface area contributed by atoms with Crippen LogP contribution in [0.15, 0.2) is 29.3 Å². The van der Waals surface area contributed by atoms with E-state index in [9.17, 15) is 0 Å². The van der Waals surface area contributed by atoms with Crippen LogP contribution in [-0.4, -0.2) is 18.9 Å². The standard InChI is InChI=1S/C12H19N3/c1-4-15(5-2)12-8-6-11(7-9-12)14-10(3)13/h6-9H,4-5H2,1-3H3,(H2,13,14). The summed E-state index contributed by atoms with van der Waals surface area (Å²) in [5.74, 6) is 0.589. The molecular formula is C12H19N3. The molecule has 1 rings (SSSR count). The molecule has 0 amide bonds. The van der Waals surface area contributed by atoms with Crippen LogP contribution in [0.4, 0.5) is 11.4 Å². The number of aliphatic imine (C=N–C) groups is 1. The molecule has 0 aliphatic heterocycles. The Kier molecular flexibility index (Phi) is 4.16. The third-order valence-corrected chi connectivity index (χ3v) is 2.28. The predicted octanol–water partition coefficient (Wildman–Crippen LogP) is 2.54. The highest BCUT2D eigenvalue weighted by Crippen LogP contribution is 2.19. The molecular weight excluding hydrogens is 186 g/mol. The zero-order valence-electron chi connectivity index (χ0n) is 9.70. The summed E-state index contributed by atoms with van der Waals surface area (Å²) < 4.78 is 0. The lowest BCUT2D eigenvalue weighted by Crippen LogP contribution is -2.21. The first-order valence-electron chi connectivity index (χ1n) is 5.33. The fourth-order valence-electron chi connectivity index (χ4n) is 1.53. The Bertz CT molecular complexity index is 319. The summed E-state index contributed by atoms with van der Waals surface area (Å²) in [7, 11) is 0. The lowest BCUT2D eigenvalue weighted by molar-refractivity contribution is 0.866. The maximum Gasteiger partial charge on any atom is 0.0964 e. The van der Waals surface area contributed by atoms with Gasteiger partial charge in [-0.2, -0.15) is 0 Å². The van der Waals surface area contributed by atoms with Crippen LogP contribution in [-0.2, 0) is 0 Å². The van der Waals surface area contributed by atoms with Crippen LogP contribution in [0, 0.1) is 0 Å². The van der Waals surface area contributed by atoms with Crippen LogP contribution in [0.3, 0.4) is 0 Å². The largest absolute Gasteiger partial charge is 0.387 e. The highest BCUT2D eigenvalue weighted by atomic mass is 15.1. The molecule has 0 saturated carbocycles. The summed E-state index contributed by atoms with van der Waals surface area (Å²) in [6, 6.07) is 8.14. The van der Waals surface area contributed by atoms with Crippen LogP contribution in [0.1, 0.15) is 20.8 Å². The minimum absolute atomic E-state index is 0.589. The Morgan fingerprint density at radius 3 is 2.13 bits per heavy atom. The molecule has 2 N–H and O–H groups in total. The Labute approximate surface area is 91.6 Å². The smallest absolute Gasteiger partial charge is 0.0964 e. The Hall–Kier alpha value is -1.51. The molecule has 3 heteroatoms. The fourth-order valence-corrected chi connectivity index (χ4v) is 1.53. The first-order valence-corrected chi connectivity index (χ1v) is 5.33. The van der Waals surface area contributed by atoms with Gasteiger partial charge in [0.1, 0.15) is 0 Å². The van der Waals surface area contributed by atoms with Gasteiger partial charge in [0, 0.05) is 18.8 Å². The second-order valence-corrected chi connectivity index (χ2v) is 3.44. The first kappa shape index (κ1) is 11.6. The Morgan fingerprint density at radius 1 is 1.20 bits per heavy atom. The van der Waals surface area contributed by atoms with Crippen molar-refractivity contribution in [3.8, 4) is 0 Å². The second-order valence-electron chi connectivity index (χ2n) is 3.44. The number of nitrogens with zero attached hydrogens (tertiary/aromatic N) is 2. The lowest BCUT2D eigenvalue weighted by Gasteiger charge is -2.20. The molecule has 0 saturated heterocycles. The molecule has 15 heavy (non-hydrogen) atoms. The number of anilines is 1. The summed E-state index contributed by atoms with van der Waals surface area (Å²) in [5.41, 5.74) is 7.65. The van der Waals surface area contributed by atoms with Crippen molar-refractivity contribution in [1.82, 2.24) is 0 Å². The highest BCUT2D eigenvalue weighted by molar-refractivity contribution is 5.80. The molecule has 0 aromatic heterocycles. The molecule has 0 unspecified atom stereocenters. The predicted molar refractivity (Wildman–Crippen MR) is 67.0 cm³/mol. The highest BCUT2D eigenvalue weighted by Gasteiger charge is 2.00. The van der Waals surface area contributed by atoms with Gasteiger partial charge in [-0.15, -0.1) is 0 Å². The second kappa shape index (κ2) is 5.39. The van der Waals surface area contributed by atoms with Crippen LogP contribution in [0.2, 0.25) is 0 Å². The van der Waals surface area contributed by atoms with Gasteiger partial charge in [0.2, 0.25) is 0 Å². The molecule has 0 aliphatic rings. The molecule has 0 spiro atoms. The van der Waals surface area contributed by atoms with E-state index in [2.05, 4.69) is 35.9 Å². The van der Waals surface area contributed by atoms with Gasteiger partial charge in [0.05, 0.1) is 11.5 Å². The van der Waals surface area contributed by atoms with Crippen LogP contribution < -0.4 is 10.6 Å². The number of benzene rings is 1. The minimum atomic E-state index is 0.589. The van der Waals surface area contributed by atoms with Gasteiger partial charge < -0.3 is 10.6 Å². The first-order chi connectivity index (χ1) is 7.17. The van der Waals surface area contributed by atoms with Gasteiger partial charge in [-0.05, 0) is 45.0 Å². The van der Waals surface area contributed by atoms with Gasteiger partial charge >= 0.3 is 0 Å². The van der Waals surface area contributed by atoms with Crippen molar-refractivity contribution in [3.05, 3.63) is 24.3 Å². The van der Waals surface area contributed by atoms with Crippen molar-refractivity contribution in [3.63, 3.8) is 0 Å². The molecule has 0 bridgehead atoms. The summed E-state index contributed by atoms with van der Waals surface area (Å²) in [6.07, 6.45) is 0. The SMILES string of the molecule is CCN(CC)c1ccc(N=C(C)N)cc1. The number of nitrogens with two attached hydrogens (primary N) is 1. The van der Waals surface area contributed by atoms with Gasteiger partial charge in [0.25, 0.3) is 0 Å². The molecule has 1 aromatic carbocycles. The Balaban J connectivity index is 2.84. The summed E-state index contributed by atoms with van der Waals surface area (Å²) in [4.78, 5) is 6.48. The van der Waals surface area contributed by atoms with E-state index in [-0.39, 0.29) is 0 Å². The van der Waals surface area contributed by atoms with Gasteiger partial charge in [0.15, 0.2) is 0 Å². The van der Waals surface area contributed by atoms with E-state index in [1.54, 1.807) is 6.92 Å². The van der Waals surface area contributed by atoms with E-state index in [4.69, 9.17) is 5.73 Å². The van der Waals surface area contributed by atoms with Crippen LogP contribution in [0.5, 0.6) is 0 Å². The maximum atomic E-state index is 5.51. The average molecular weight is 205 g/mol. The van der Waals surface area contributed by atoms with E-state index in [0.29, 0.717) is 5.84 Å². The van der Waals surface area contributed by atoms with Crippen molar-refractivity contribution < 1.29 is 0 Å². The topological polar surface area (TPSA) is 41.6 Å². The normalized spacial score (nSPS) is 11.5. The summed E-state index contributed by atoms with van der Waals surface area (Å²) in [6.45, 7) is 8.14. The minimum Gasteiger partial charge on any atom is -0.387 e. The monoisotopic (exact) mass is 205 g/mol. The molecule has 0 aliphatic carbocycles. The third-order valence-electron chi connectivity index (χ3n) is 2.28. The quantitative estimate of drug-likeness (QED) is 0.606. The van der Waals surface area contributed by atoms with Crippen molar-refractivity contribution in [2.24, 2.45) is 10.7 Å². The molecule has 0 atom stereocenters. The molecule has 3 nitrogen and oxygen atoms in total. The van der Waals surface area contributed by atoms with Crippen LogP contribution in [0.25, 0.3) is 0 Å². The Morgan fingerprint density at radius 2 is 1.73 bits per heavy atom. The summed E-state index contributed by atoms with van der Waals surface area (Å²) >= 11 is 0. The number of hydrogen-bond acceptors (Lipinski definition) is 2. The van der Waals surface area contributed by atoms with E-state index < -0.39 is 0 Å². The molecule has 1 aromatic rings. The zero-order valence-corrected chi connectivity index (χ0v) is 9.70. The third kappa shape index (κ3) is 3.27. The molecule has 0 radical (unpaired) electrons. The zero-order chi connectivity index (χ0) is 11.3. The molecule has 0 heterocycles. The van der Waals surface area contributed by atoms with Gasteiger partial charge in [-0.1, -0.05) is 0 Å². The number of rotatable bonds is 4. The van der Waals surface area contributed by atoms with Gasteiger partial charge in [-0.3, -0.25) is 0 Å². The van der Waals surface area contributed by atoms with Crippen molar-refractivity contribution >= 4 is 17.2 Å². The van der Waals surface area contributed by atoms with Gasteiger partial charge in [-0.25, -0.2) is 4.99 Å². The maximum absolute atomic E-state index is 5.51. The van der Waals surface area contributed by atoms with Crippen molar-refractivity contribution in [2.75, 3.05) is 18.0 Å². The number of amidine groups is 1. The fraction of sp³-hybridized carbons (Fsp3) is 0.417.